The molecule has 0 heterocycles. The van der Waals surface area contributed by atoms with Crippen LogP contribution in [0, 0.1) is 0 Å². The van der Waals surface area contributed by atoms with E-state index in [1.165, 1.54) is 0 Å². The van der Waals surface area contributed by atoms with Gasteiger partial charge >= 0.3 is 0 Å². The summed E-state index contributed by atoms with van der Waals surface area (Å²) in [6.45, 7) is 2.65. The molecule has 0 bridgehead atoms. The summed E-state index contributed by atoms with van der Waals surface area (Å²) in [6.07, 6.45) is 0. The Bertz CT molecular complexity index is 309. The molecule has 0 unspecified atom stereocenters. The number of methoxy groups -OCH3 is 1. The highest BCUT2D eigenvalue weighted by molar-refractivity contribution is 5.94. The summed E-state index contributed by atoms with van der Waals surface area (Å²) in [4.78, 5) is 11.1. The minimum absolute atomic E-state index is 0. The predicted octanol–water partition coefficient (Wildman–Crippen LogP) is 1.51. The van der Waals surface area contributed by atoms with Gasteiger partial charge in [0.2, 0.25) is 0 Å². The van der Waals surface area contributed by atoms with E-state index >= 15 is 0 Å². The van der Waals surface area contributed by atoms with Crippen LogP contribution in [0.15, 0.2) is 24.3 Å². The number of carbonyl (C=O) groups is 1. The largest absolute Gasteiger partial charge is 0.497 e. The zero-order chi connectivity index (χ0) is 11.7. The number of carbonyl (C=O) groups excluding carboxylic acids is 1. The summed E-state index contributed by atoms with van der Waals surface area (Å²) in [5, 5.41) is 2.54. The molecular formula is C11H22N2O2. The van der Waals surface area contributed by atoms with Gasteiger partial charge < -0.3 is 15.8 Å². The van der Waals surface area contributed by atoms with Gasteiger partial charge in [0.15, 0.2) is 0 Å². The molecule has 0 aromatic heterocycles. The normalized spacial score (nSPS) is 8.53. The van der Waals surface area contributed by atoms with Gasteiger partial charge in [0.05, 0.1) is 7.11 Å². The van der Waals surface area contributed by atoms with Crippen molar-refractivity contribution in [3.05, 3.63) is 29.8 Å². The highest BCUT2D eigenvalue weighted by Gasteiger charge is 2.02. The maximum Gasteiger partial charge on any atom is 0.251 e. The summed E-state index contributed by atoms with van der Waals surface area (Å²) in [7, 11) is 3.17. The topological polar surface area (TPSA) is 64.3 Å². The van der Waals surface area contributed by atoms with Gasteiger partial charge in [-0.2, -0.15) is 0 Å². The second-order valence-corrected chi connectivity index (χ2v) is 2.72. The molecule has 1 amide bonds. The van der Waals surface area contributed by atoms with Crippen LogP contribution >= 0.6 is 0 Å². The molecule has 0 atom stereocenters. The summed E-state index contributed by atoms with van der Waals surface area (Å²) >= 11 is 0. The molecule has 1 rings (SSSR count). The van der Waals surface area contributed by atoms with Crippen LogP contribution < -0.4 is 15.8 Å². The van der Waals surface area contributed by atoms with Crippen molar-refractivity contribution in [3.8, 4) is 5.75 Å². The molecule has 1 aromatic rings. The Morgan fingerprint density at radius 2 is 2.20 bits per heavy atom. The third kappa shape index (κ3) is 5.02. The SMILES string of the molecule is CCN.CNC(=O)c1cccc(OC)c1.[HH].[HH]. The molecule has 4 nitrogen and oxygen atoms in total. The fourth-order valence-electron chi connectivity index (χ4n) is 0.909. The maximum absolute atomic E-state index is 11.1. The molecule has 0 saturated heterocycles. The van der Waals surface area contributed by atoms with Crippen molar-refractivity contribution < 1.29 is 12.4 Å². The molecule has 0 aliphatic heterocycles. The molecular weight excluding hydrogens is 192 g/mol. The van der Waals surface area contributed by atoms with Crippen LogP contribution in [0.3, 0.4) is 0 Å². The van der Waals surface area contributed by atoms with E-state index in [-0.39, 0.29) is 8.76 Å². The van der Waals surface area contributed by atoms with Crippen LogP contribution in [-0.2, 0) is 0 Å². The Morgan fingerprint density at radius 1 is 1.60 bits per heavy atom. The van der Waals surface area contributed by atoms with E-state index in [0.29, 0.717) is 11.3 Å². The van der Waals surface area contributed by atoms with Gasteiger partial charge in [-0.3, -0.25) is 4.79 Å². The van der Waals surface area contributed by atoms with Gasteiger partial charge in [0.1, 0.15) is 5.75 Å². The first kappa shape index (κ1) is 13.4. The first-order chi connectivity index (χ1) is 7.19. The molecule has 15 heavy (non-hydrogen) atoms. The van der Waals surface area contributed by atoms with Crippen molar-refractivity contribution in [2.75, 3.05) is 20.7 Å². The summed E-state index contributed by atoms with van der Waals surface area (Å²) < 4.78 is 4.97. The first-order valence-corrected chi connectivity index (χ1v) is 4.75. The minimum atomic E-state index is -0.103. The van der Waals surface area contributed by atoms with Crippen LogP contribution in [0.4, 0.5) is 0 Å². The number of hydrogen-bond acceptors (Lipinski definition) is 3. The third-order valence-corrected chi connectivity index (χ3v) is 1.56. The Morgan fingerprint density at radius 3 is 2.67 bits per heavy atom. The van der Waals surface area contributed by atoms with Crippen molar-refractivity contribution in [3.63, 3.8) is 0 Å². The molecule has 0 aliphatic rings. The van der Waals surface area contributed by atoms with Crippen molar-refractivity contribution in [1.29, 1.82) is 0 Å². The van der Waals surface area contributed by atoms with Crippen molar-refractivity contribution in [2.45, 2.75) is 6.92 Å². The molecule has 0 saturated carbocycles. The molecule has 0 aliphatic carbocycles. The smallest absolute Gasteiger partial charge is 0.251 e. The van der Waals surface area contributed by atoms with Gasteiger partial charge in [-0.15, -0.1) is 0 Å². The third-order valence-electron chi connectivity index (χ3n) is 1.56. The van der Waals surface area contributed by atoms with E-state index in [1.807, 2.05) is 6.92 Å². The first-order valence-electron chi connectivity index (χ1n) is 4.75. The summed E-state index contributed by atoms with van der Waals surface area (Å²) in [6, 6.07) is 7.01. The van der Waals surface area contributed by atoms with Crippen LogP contribution in [0.2, 0.25) is 0 Å². The zero-order valence-corrected chi connectivity index (χ0v) is 9.41. The molecule has 88 valence electrons. The Balaban J connectivity index is -0.000000356. The van der Waals surface area contributed by atoms with Crippen LogP contribution in [0.25, 0.3) is 0 Å². The van der Waals surface area contributed by atoms with Gasteiger partial charge in [-0.1, -0.05) is 13.0 Å². The lowest BCUT2D eigenvalue weighted by atomic mass is 10.2. The fourth-order valence-corrected chi connectivity index (χ4v) is 0.909. The van der Waals surface area contributed by atoms with Gasteiger partial charge in [-0.05, 0) is 24.7 Å². The van der Waals surface area contributed by atoms with Crippen LogP contribution in [0.1, 0.15) is 20.1 Å². The Kier molecular flexibility index (Phi) is 7.01. The number of nitrogens with one attached hydrogen (secondary N) is 1. The van der Waals surface area contributed by atoms with Crippen LogP contribution in [-0.4, -0.2) is 26.6 Å². The summed E-state index contributed by atoms with van der Waals surface area (Å²) in [5.41, 5.74) is 5.46. The molecule has 0 fully saturated rings. The van der Waals surface area contributed by atoms with E-state index in [1.54, 1.807) is 38.4 Å². The number of hydrogen-bond donors (Lipinski definition) is 2. The molecule has 4 heteroatoms. The van der Waals surface area contributed by atoms with E-state index < -0.39 is 0 Å². The molecule has 0 radical (unpaired) electrons. The van der Waals surface area contributed by atoms with Crippen molar-refractivity contribution in [1.82, 2.24) is 5.32 Å². The lowest BCUT2D eigenvalue weighted by Crippen LogP contribution is -2.17. The lowest BCUT2D eigenvalue weighted by Gasteiger charge is -2.02. The second-order valence-electron chi connectivity index (χ2n) is 2.72. The van der Waals surface area contributed by atoms with E-state index in [4.69, 9.17) is 10.5 Å². The standard InChI is InChI=1S/C9H11NO2.C2H7N.2H2/c1-10-9(11)7-4-3-5-8(6-7)12-2;1-2-3;;/h3-6H,1-2H3,(H,10,11);2-3H2,1H3;2*1H. The highest BCUT2D eigenvalue weighted by atomic mass is 16.5. The molecule has 0 spiro atoms. The second kappa shape index (κ2) is 7.82. The number of nitrogens with two attached hydrogens (primary N) is 1. The average Bonchev–Trinajstić information content (AvgIpc) is 2.29. The highest BCUT2D eigenvalue weighted by Crippen LogP contribution is 2.11. The number of benzene rings is 1. The molecule has 1 aromatic carbocycles. The van der Waals surface area contributed by atoms with Crippen LogP contribution in [0.5, 0.6) is 5.75 Å². The minimum Gasteiger partial charge on any atom is -0.497 e. The number of ether oxygens (including phenoxy) is 1. The fraction of sp³-hybridized carbons (Fsp3) is 0.364. The lowest BCUT2D eigenvalue weighted by molar-refractivity contribution is 0.0963. The van der Waals surface area contributed by atoms with E-state index in [0.717, 1.165) is 6.54 Å². The maximum atomic E-state index is 11.1. The predicted molar refractivity (Wildman–Crippen MR) is 65.3 cm³/mol. The zero-order valence-electron chi connectivity index (χ0n) is 9.41. The Hall–Kier alpha value is -1.55. The monoisotopic (exact) mass is 214 g/mol. The van der Waals surface area contributed by atoms with Crippen molar-refractivity contribution in [2.24, 2.45) is 5.73 Å². The number of amides is 1. The van der Waals surface area contributed by atoms with E-state index in [2.05, 4.69) is 5.32 Å². The van der Waals surface area contributed by atoms with Gasteiger partial charge in [0.25, 0.3) is 5.91 Å². The molecule has 3 N–H and O–H groups in total. The van der Waals surface area contributed by atoms with Crippen molar-refractivity contribution >= 4 is 5.91 Å². The number of rotatable bonds is 2. The average molecular weight is 214 g/mol. The van der Waals surface area contributed by atoms with Gasteiger partial charge in [-0.25, -0.2) is 0 Å². The summed E-state index contributed by atoms with van der Waals surface area (Å²) in [5.74, 6) is 0.588. The quantitative estimate of drug-likeness (QED) is 0.784. The van der Waals surface area contributed by atoms with E-state index in [9.17, 15) is 4.79 Å². The Labute approximate surface area is 93.4 Å². The van der Waals surface area contributed by atoms with Gasteiger partial charge in [0, 0.05) is 15.5 Å².